The van der Waals surface area contributed by atoms with Crippen LogP contribution >= 0.6 is 0 Å². The van der Waals surface area contributed by atoms with Crippen LogP contribution in [-0.2, 0) is 37.9 Å². The average Bonchev–Trinajstić information content (AvgIpc) is 3.37. The van der Waals surface area contributed by atoms with E-state index in [-0.39, 0.29) is 13.2 Å². The highest BCUT2D eigenvalue weighted by molar-refractivity contribution is 4.96. The Bertz CT molecular complexity index is 987. The molecule has 15 N–H and O–H groups in total. The maximum absolute atomic E-state index is 11.2. The first kappa shape index (κ1) is 40.9. The minimum Gasteiger partial charge on any atom is -0.394 e. The van der Waals surface area contributed by atoms with Crippen LogP contribution in [0.25, 0.3) is 0 Å². The Balaban J connectivity index is 1.49. The van der Waals surface area contributed by atoms with Crippen LogP contribution in [0.15, 0.2) is 0 Å². The third-order valence-electron chi connectivity index (χ3n) is 8.75. The van der Waals surface area contributed by atoms with Gasteiger partial charge in [0.1, 0.15) is 97.7 Å². The fourth-order valence-corrected chi connectivity index (χ4v) is 5.76. The average molecular weight is 724 g/mol. The first-order chi connectivity index (χ1) is 23.2. The van der Waals surface area contributed by atoms with Gasteiger partial charge >= 0.3 is 0 Å². The van der Waals surface area contributed by atoms with E-state index in [0.29, 0.717) is 6.42 Å². The Hall–Kier alpha value is -0.880. The van der Waals surface area contributed by atoms with Crippen LogP contribution in [0.1, 0.15) is 6.42 Å². The lowest BCUT2D eigenvalue weighted by molar-refractivity contribution is -0.355. The standard InChI is InChI=1S/C27H49NO21/c28-2-1-3-42-24-18(38)16(36)13(33)10(46-24)6-44-26-21(41)23(49-27-20(40)17(37)22(48-27)8(31)4-29)14(34)11(47-26)7-43-25-19(39)15(35)12(32)9(5-30)45-25/h8-27,29-41H,1-7,28H2/t8-,9-,10-,11-,12-,13-,14-,15+,16+,17-,18+,19+,20-,21+,22+,23+,24+,25+,26+,27+/m1/s1. The van der Waals surface area contributed by atoms with E-state index >= 15 is 0 Å². The molecule has 4 heterocycles. The van der Waals surface area contributed by atoms with Crippen LogP contribution in [0.4, 0.5) is 0 Å². The van der Waals surface area contributed by atoms with E-state index in [1.165, 1.54) is 0 Å². The highest BCUT2D eigenvalue weighted by Gasteiger charge is 2.53. The van der Waals surface area contributed by atoms with Gasteiger partial charge in [-0.3, -0.25) is 0 Å². The molecule has 4 aliphatic heterocycles. The molecule has 0 bridgehead atoms. The third kappa shape index (κ3) is 9.20. The minimum absolute atomic E-state index is 0.0477. The molecule has 0 aromatic carbocycles. The fourth-order valence-electron chi connectivity index (χ4n) is 5.76. The Morgan fingerprint density at radius 1 is 0.531 bits per heavy atom. The molecule has 0 aliphatic carbocycles. The Kier molecular flexibility index (Phi) is 15.2. The molecule has 0 saturated carbocycles. The van der Waals surface area contributed by atoms with Crippen molar-refractivity contribution in [3.05, 3.63) is 0 Å². The van der Waals surface area contributed by atoms with E-state index in [2.05, 4.69) is 0 Å². The van der Waals surface area contributed by atoms with Gasteiger partial charge in [-0.05, 0) is 13.0 Å². The summed E-state index contributed by atoms with van der Waals surface area (Å²) in [7, 11) is 0. The third-order valence-corrected chi connectivity index (χ3v) is 8.75. The summed E-state index contributed by atoms with van der Waals surface area (Å²) in [6, 6.07) is 0. The SMILES string of the molecule is NCCCO[C@H]1O[C@H](CO[C@H]2O[C@H](CO[C@H]3O[C@H](CO)[C@@H](O)[C@H](O)[C@@H]3O)[C@@H](O)[C@H](O[C@@H]3O[C@@H]([C@H](O)CO)[C@H](O)[C@H]3O)[C@@H]2O)[C@@H](O)[C@H](O)[C@@H]1O. The second-order valence-corrected chi connectivity index (χ2v) is 12.2. The first-order valence-corrected chi connectivity index (χ1v) is 15.8. The molecule has 0 aromatic heterocycles. The van der Waals surface area contributed by atoms with Gasteiger partial charge in [0.15, 0.2) is 25.2 Å². The Labute approximate surface area is 279 Å². The summed E-state index contributed by atoms with van der Waals surface area (Å²) in [5, 5.41) is 133. The summed E-state index contributed by atoms with van der Waals surface area (Å²) in [6.45, 7) is -2.62. The van der Waals surface area contributed by atoms with Crippen molar-refractivity contribution in [1.82, 2.24) is 0 Å². The maximum atomic E-state index is 11.2. The van der Waals surface area contributed by atoms with Crippen LogP contribution in [0.5, 0.6) is 0 Å². The van der Waals surface area contributed by atoms with Crippen molar-refractivity contribution < 1.29 is 104 Å². The van der Waals surface area contributed by atoms with Crippen LogP contribution < -0.4 is 5.73 Å². The molecule has 4 rings (SSSR count). The van der Waals surface area contributed by atoms with E-state index in [1.54, 1.807) is 0 Å². The molecule has 4 fully saturated rings. The molecule has 20 atom stereocenters. The molecule has 22 nitrogen and oxygen atoms in total. The van der Waals surface area contributed by atoms with E-state index in [0.717, 1.165) is 0 Å². The van der Waals surface area contributed by atoms with E-state index in [4.69, 9.17) is 43.6 Å². The van der Waals surface area contributed by atoms with Crippen LogP contribution in [0.3, 0.4) is 0 Å². The van der Waals surface area contributed by atoms with Crippen molar-refractivity contribution in [1.29, 1.82) is 0 Å². The van der Waals surface area contributed by atoms with Gasteiger partial charge in [-0.25, -0.2) is 0 Å². The summed E-state index contributed by atoms with van der Waals surface area (Å²) in [5.41, 5.74) is 5.44. The lowest BCUT2D eigenvalue weighted by Gasteiger charge is -2.45. The predicted molar refractivity (Wildman–Crippen MR) is 151 cm³/mol. The van der Waals surface area contributed by atoms with Crippen LogP contribution in [0, 0.1) is 0 Å². The molecule has 49 heavy (non-hydrogen) atoms. The quantitative estimate of drug-likeness (QED) is 0.0697. The largest absolute Gasteiger partial charge is 0.394 e. The van der Waals surface area contributed by atoms with E-state index < -0.39 is 149 Å². The number of hydrogen-bond acceptors (Lipinski definition) is 22. The summed E-state index contributed by atoms with van der Waals surface area (Å²) >= 11 is 0. The monoisotopic (exact) mass is 723 g/mol. The first-order valence-electron chi connectivity index (χ1n) is 15.8. The smallest absolute Gasteiger partial charge is 0.187 e. The zero-order valence-corrected chi connectivity index (χ0v) is 26.2. The minimum atomic E-state index is -1.93. The molecule has 0 radical (unpaired) electrons. The van der Waals surface area contributed by atoms with Crippen molar-refractivity contribution in [2.24, 2.45) is 5.73 Å². The Morgan fingerprint density at radius 3 is 1.57 bits per heavy atom. The van der Waals surface area contributed by atoms with Gasteiger partial charge in [-0.1, -0.05) is 0 Å². The van der Waals surface area contributed by atoms with Gasteiger partial charge in [0.2, 0.25) is 0 Å². The van der Waals surface area contributed by atoms with Gasteiger partial charge in [0, 0.05) is 0 Å². The molecule has 22 heteroatoms. The highest BCUT2D eigenvalue weighted by atomic mass is 16.8. The molecule has 4 aliphatic rings. The number of aliphatic hydroxyl groups is 13. The molecule has 0 unspecified atom stereocenters. The van der Waals surface area contributed by atoms with Gasteiger partial charge in [0.05, 0.1) is 33.0 Å². The summed E-state index contributed by atoms with van der Waals surface area (Å²) in [4.78, 5) is 0. The fraction of sp³-hybridized carbons (Fsp3) is 1.00. The number of rotatable bonds is 15. The van der Waals surface area contributed by atoms with Gasteiger partial charge in [-0.15, -0.1) is 0 Å². The lowest BCUT2D eigenvalue weighted by atomic mass is 9.97. The summed E-state index contributed by atoms with van der Waals surface area (Å²) in [5.74, 6) is 0. The van der Waals surface area contributed by atoms with Gasteiger partial charge in [-0.2, -0.15) is 0 Å². The van der Waals surface area contributed by atoms with E-state index in [1.807, 2.05) is 0 Å². The Morgan fingerprint density at radius 2 is 1.02 bits per heavy atom. The number of hydrogen-bond donors (Lipinski definition) is 14. The van der Waals surface area contributed by atoms with Crippen molar-refractivity contribution >= 4 is 0 Å². The predicted octanol–water partition coefficient (Wildman–Crippen LogP) is -9.38. The normalized spacial score (nSPS) is 48.5. The maximum Gasteiger partial charge on any atom is 0.187 e. The van der Waals surface area contributed by atoms with Crippen molar-refractivity contribution in [3.63, 3.8) is 0 Å². The second kappa shape index (κ2) is 18.2. The van der Waals surface area contributed by atoms with Crippen molar-refractivity contribution in [2.45, 2.75) is 129 Å². The molecular weight excluding hydrogens is 674 g/mol. The molecule has 0 aromatic rings. The topological polar surface area (TPSA) is 363 Å². The van der Waals surface area contributed by atoms with Gasteiger partial charge in [0.25, 0.3) is 0 Å². The molecule has 288 valence electrons. The van der Waals surface area contributed by atoms with Crippen LogP contribution in [-0.4, -0.2) is 229 Å². The number of aliphatic hydroxyl groups excluding tert-OH is 13. The van der Waals surface area contributed by atoms with Crippen molar-refractivity contribution in [2.75, 3.05) is 39.6 Å². The van der Waals surface area contributed by atoms with Crippen molar-refractivity contribution in [3.8, 4) is 0 Å². The zero-order chi connectivity index (χ0) is 36.2. The highest BCUT2D eigenvalue weighted by Crippen LogP contribution is 2.32. The number of ether oxygens (including phenoxy) is 8. The second-order valence-electron chi connectivity index (χ2n) is 12.2. The van der Waals surface area contributed by atoms with Gasteiger partial charge < -0.3 is 110 Å². The summed E-state index contributed by atoms with van der Waals surface area (Å²) < 4.78 is 44.1. The molecule has 0 amide bonds. The molecule has 4 saturated heterocycles. The summed E-state index contributed by atoms with van der Waals surface area (Å²) in [6.07, 6.45) is -33.2. The van der Waals surface area contributed by atoms with E-state index in [9.17, 15) is 66.4 Å². The van der Waals surface area contributed by atoms with Crippen LogP contribution in [0.2, 0.25) is 0 Å². The molecule has 0 spiro atoms. The molecular formula is C27H49NO21. The zero-order valence-electron chi connectivity index (χ0n) is 26.2. The number of nitrogens with two attached hydrogens (primary N) is 1. The lowest BCUT2D eigenvalue weighted by Crippen LogP contribution is -2.63.